The second kappa shape index (κ2) is 4.69. The molecule has 5 nitrogen and oxygen atoms in total. The Morgan fingerprint density at radius 3 is 2.73 bits per heavy atom. The van der Waals surface area contributed by atoms with Crippen molar-refractivity contribution in [1.82, 2.24) is 9.78 Å². The first-order valence-corrected chi connectivity index (χ1v) is 5.13. The minimum atomic E-state index is 0.161. The predicted molar refractivity (Wildman–Crippen MR) is 60.5 cm³/mol. The van der Waals surface area contributed by atoms with Gasteiger partial charge in [-0.2, -0.15) is 10.4 Å². The van der Waals surface area contributed by atoms with E-state index in [4.69, 9.17) is 11.0 Å². The van der Waals surface area contributed by atoms with Crippen LogP contribution in [-0.4, -0.2) is 16.3 Å². The maximum Gasteiger partial charge on any atom is 0.168 e. The van der Waals surface area contributed by atoms with Crippen LogP contribution in [0.3, 0.4) is 0 Å². The van der Waals surface area contributed by atoms with Crippen LogP contribution < -0.4 is 11.1 Å². The van der Waals surface area contributed by atoms with Gasteiger partial charge in [-0.1, -0.05) is 6.92 Å². The molecule has 0 saturated carbocycles. The lowest BCUT2D eigenvalue weighted by molar-refractivity contribution is 0.542. The molecule has 0 unspecified atom stereocenters. The molecule has 82 valence electrons. The van der Waals surface area contributed by atoms with Crippen molar-refractivity contribution < 1.29 is 0 Å². The average molecular weight is 207 g/mol. The summed E-state index contributed by atoms with van der Waals surface area (Å²) in [6.07, 6.45) is 0.985. The van der Waals surface area contributed by atoms with Crippen LogP contribution in [0.2, 0.25) is 0 Å². The van der Waals surface area contributed by atoms with Gasteiger partial charge in [-0.25, -0.2) is 4.68 Å². The highest BCUT2D eigenvalue weighted by Gasteiger charge is 2.16. The molecule has 5 heteroatoms. The summed E-state index contributed by atoms with van der Waals surface area (Å²) in [6, 6.07) is 2.24. The number of hydrogen-bond acceptors (Lipinski definition) is 4. The summed E-state index contributed by atoms with van der Waals surface area (Å²) in [5, 5.41) is 16.3. The number of nitrogens with zero attached hydrogens (tertiary/aromatic N) is 3. The summed E-state index contributed by atoms with van der Waals surface area (Å²) in [5.41, 5.74) is 6.27. The van der Waals surface area contributed by atoms with E-state index < -0.39 is 0 Å². The molecular formula is C10H17N5. The van der Waals surface area contributed by atoms with Gasteiger partial charge in [-0.3, -0.25) is 0 Å². The summed E-state index contributed by atoms with van der Waals surface area (Å²) >= 11 is 0. The molecule has 0 spiro atoms. The molecule has 0 amide bonds. The Hall–Kier alpha value is -1.70. The van der Waals surface area contributed by atoms with Gasteiger partial charge in [0.2, 0.25) is 0 Å². The van der Waals surface area contributed by atoms with Gasteiger partial charge in [0.25, 0.3) is 0 Å². The van der Waals surface area contributed by atoms with Crippen molar-refractivity contribution in [2.24, 2.45) is 0 Å². The number of hydrogen-bond donors (Lipinski definition) is 2. The van der Waals surface area contributed by atoms with Gasteiger partial charge in [-0.15, -0.1) is 0 Å². The fourth-order valence-corrected chi connectivity index (χ4v) is 1.32. The lowest BCUT2D eigenvalue weighted by atomic mass is 10.3. The highest BCUT2D eigenvalue weighted by Crippen LogP contribution is 2.23. The van der Waals surface area contributed by atoms with Crippen LogP contribution in [0.4, 0.5) is 11.6 Å². The minimum absolute atomic E-state index is 0.161. The van der Waals surface area contributed by atoms with E-state index in [-0.39, 0.29) is 6.04 Å². The summed E-state index contributed by atoms with van der Waals surface area (Å²) in [4.78, 5) is 0. The molecule has 3 N–H and O–H groups in total. The topological polar surface area (TPSA) is 79.7 Å². The molecule has 1 aromatic rings. The zero-order valence-corrected chi connectivity index (χ0v) is 9.41. The second-order valence-corrected chi connectivity index (χ2v) is 3.69. The summed E-state index contributed by atoms with van der Waals surface area (Å²) < 4.78 is 1.66. The van der Waals surface area contributed by atoms with Gasteiger partial charge >= 0.3 is 0 Å². The monoisotopic (exact) mass is 207 g/mol. The van der Waals surface area contributed by atoms with E-state index in [2.05, 4.69) is 23.4 Å². The van der Waals surface area contributed by atoms with Crippen molar-refractivity contribution in [3.63, 3.8) is 0 Å². The second-order valence-electron chi connectivity index (χ2n) is 3.69. The van der Waals surface area contributed by atoms with E-state index in [0.717, 1.165) is 13.0 Å². The molecule has 0 bridgehead atoms. The molecule has 1 rings (SSSR count). The predicted octanol–water partition coefficient (Wildman–Crippen LogP) is 1.74. The number of nitrogens with one attached hydrogen (secondary N) is 1. The molecule has 0 aliphatic rings. The fourth-order valence-electron chi connectivity index (χ4n) is 1.32. The first-order chi connectivity index (χ1) is 7.11. The smallest absolute Gasteiger partial charge is 0.168 e. The number of nitrogen functional groups attached to an aromatic ring is 1. The Balaban J connectivity index is 3.06. The van der Waals surface area contributed by atoms with Gasteiger partial charge in [0.05, 0.1) is 0 Å². The van der Waals surface area contributed by atoms with Gasteiger partial charge < -0.3 is 11.1 Å². The molecule has 1 aromatic heterocycles. The van der Waals surface area contributed by atoms with E-state index in [1.165, 1.54) is 0 Å². The molecule has 1 heterocycles. The molecule has 15 heavy (non-hydrogen) atoms. The molecule has 0 fully saturated rings. The van der Waals surface area contributed by atoms with Crippen LogP contribution in [0.25, 0.3) is 0 Å². The standard InChI is InChI=1S/C10H17N5/c1-4-5-13-10-8(6-11)9(12)15(14-10)7(2)3/h7H,4-5,12H2,1-3H3,(H,13,14). The molecule has 0 saturated heterocycles. The van der Waals surface area contributed by atoms with Crippen LogP contribution in [0.5, 0.6) is 0 Å². The molecule has 0 radical (unpaired) electrons. The molecule has 0 aliphatic heterocycles. The lowest BCUT2D eigenvalue weighted by Crippen LogP contribution is -2.07. The third-order valence-corrected chi connectivity index (χ3v) is 2.09. The van der Waals surface area contributed by atoms with Crippen molar-refractivity contribution in [1.29, 1.82) is 5.26 Å². The quantitative estimate of drug-likeness (QED) is 0.788. The molecule has 0 atom stereocenters. The van der Waals surface area contributed by atoms with Gasteiger partial charge in [0.15, 0.2) is 5.82 Å². The summed E-state index contributed by atoms with van der Waals surface area (Å²) in [6.45, 7) is 6.81. The molecule has 0 aliphatic carbocycles. The van der Waals surface area contributed by atoms with E-state index >= 15 is 0 Å². The number of aromatic nitrogens is 2. The fraction of sp³-hybridized carbons (Fsp3) is 0.600. The van der Waals surface area contributed by atoms with Crippen LogP contribution in [0.15, 0.2) is 0 Å². The van der Waals surface area contributed by atoms with Crippen molar-refractivity contribution in [3.05, 3.63) is 5.56 Å². The third-order valence-electron chi connectivity index (χ3n) is 2.09. The number of nitrogens with two attached hydrogens (primary N) is 1. The highest BCUT2D eigenvalue weighted by molar-refractivity contribution is 5.63. The summed E-state index contributed by atoms with van der Waals surface area (Å²) in [5.74, 6) is 1.02. The van der Waals surface area contributed by atoms with Crippen LogP contribution >= 0.6 is 0 Å². The van der Waals surface area contributed by atoms with E-state index in [1.54, 1.807) is 4.68 Å². The van der Waals surface area contributed by atoms with E-state index in [1.807, 2.05) is 13.8 Å². The molecular weight excluding hydrogens is 190 g/mol. The Bertz CT molecular complexity index is 372. The average Bonchev–Trinajstić information content (AvgIpc) is 2.52. The highest BCUT2D eigenvalue weighted by atomic mass is 15.4. The van der Waals surface area contributed by atoms with E-state index in [9.17, 15) is 0 Å². The number of rotatable bonds is 4. The van der Waals surface area contributed by atoms with Crippen molar-refractivity contribution in [3.8, 4) is 6.07 Å². The Labute approximate surface area is 89.9 Å². The van der Waals surface area contributed by atoms with Gasteiger partial charge in [-0.05, 0) is 20.3 Å². The Morgan fingerprint density at radius 2 is 2.27 bits per heavy atom. The van der Waals surface area contributed by atoms with Crippen molar-refractivity contribution in [2.75, 3.05) is 17.6 Å². The number of nitriles is 1. The number of anilines is 2. The molecule has 0 aromatic carbocycles. The first kappa shape index (κ1) is 11.4. The largest absolute Gasteiger partial charge is 0.383 e. The Kier molecular flexibility index (Phi) is 3.56. The van der Waals surface area contributed by atoms with Crippen molar-refractivity contribution in [2.45, 2.75) is 33.2 Å². The van der Waals surface area contributed by atoms with Crippen LogP contribution in [0, 0.1) is 11.3 Å². The lowest BCUT2D eigenvalue weighted by Gasteiger charge is -2.06. The zero-order chi connectivity index (χ0) is 11.4. The zero-order valence-electron chi connectivity index (χ0n) is 9.41. The Morgan fingerprint density at radius 1 is 1.60 bits per heavy atom. The maximum absolute atomic E-state index is 8.97. The SMILES string of the molecule is CCCNc1nn(C(C)C)c(N)c1C#N. The normalized spacial score (nSPS) is 10.3. The van der Waals surface area contributed by atoms with Gasteiger partial charge in [0.1, 0.15) is 17.5 Å². The summed E-state index contributed by atoms with van der Waals surface area (Å²) in [7, 11) is 0. The first-order valence-electron chi connectivity index (χ1n) is 5.13. The third kappa shape index (κ3) is 2.21. The van der Waals surface area contributed by atoms with Crippen molar-refractivity contribution >= 4 is 11.6 Å². The van der Waals surface area contributed by atoms with Gasteiger partial charge in [0, 0.05) is 12.6 Å². The van der Waals surface area contributed by atoms with E-state index in [0.29, 0.717) is 17.2 Å². The van der Waals surface area contributed by atoms with Crippen LogP contribution in [-0.2, 0) is 0 Å². The maximum atomic E-state index is 8.97. The van der Waals surface area contributed by atoms with Crippen LogP contribution in [0.1, 0.15) is 38.8 Å². The minimum Gasteiger partial charge on any atom is -0.383 e.